The van der Waals surface area contributed by atoms with Gasteiger partial charge in [-0.05, 0) is 106 Å². The molecule has 0 aromatic heterocycles. The van der Waals surface area contributed by atoms with E-state index in [1.807, 2.05) is 0 Å². The summed E-state index contributed by atoms with van der Waals surface area (Å²) in [5, 5.41) is 23.5. The number of carbonyl (C=O) groups is 1. The van der Waals surface area contributed by atoms with Crippen molar-refractivity contribution in [2.45, 2.75) is 45.8 Å². The third-order valence-electron chi connectivity index (χ3n) is 12.1. The summed E-state index contributed by atoms with van der Waals surface area (Å²) in [6, 6.07) is 47.8. The van der Waals surface area contributed by atoms with E-state index in [-0.39, 0.29) is 5.91 Å². The number of benzene rings is 9. The maximum atomic E-state index is 14.8. The van der Waals surface area contributed by atoms with Crippen LogP contribution in [0, 0.1) is 5.92 Å². The van der Waals surface area contributed by atoms with Gasteiger partial charge < -0.3 is 10.0 Å². The number of hydrogen-bond donors (Lipinski definition) is 1. The van der Waals surface area contributed by atoms with Crippen LogP contribution in [0.15, 0.2) is 133 Å². The number of aliphatic hydroxyl groups excluding tert-OH is 1. The number of nitrogens with zero attached hydrogens (tertiary/aromatic N) is 1. The number of hydrogen-bond acceptors (Lipinski definition) is 2. The van der Waals surface area contributed by atoms with Crippen LogP contribution in [0.2, 0.25) is 0 Å². The van der Waals surface area contributed by atoms with Crippen molar-refractivity contribution >= 4 is 59.8 Å². The van der Waals surface area contributed by atoms with E-state index < -0.39 is 6.23 Å². The van der Waals surface area contributed by atoms with Gasteiger partial charge in [0.1, 0.15) is 0 Å². The number of carbonyl (C=O) groups excluding carboxylic acids is 1. The van der Waals surface area contributed by atoms with E-state index in [4.69, 9.17) is 0 Å². The van der Waals surface area contributed by atoms with Crippen LogP contribution >= 0.6 is 0 Å². The van der Waals surface area contributed by atoms with Gasteiger partial charge in [0.15, 0.2) is 6.23 Å². The predicted octanol–water partition coefficient (Wildman–Crippen LogP) is 13.0. The Balaban J connectivity index is 1.39. The Kier molecular flexibility index (Phi) is 7.49. The van der Waals surface area contributed by atoms with Crippen molar-refractivity contribution in [2.24, 2.45) is 5.92 Å². The summed E-state index contributed by atoms with van der Waals surface area (Å²) in [5.41, 5.74) is 8.43. The third-order valence-corrected chi connectivity index (χ3v) is 12.1. The first kappa shape index (κ1) is 31.9. The summed E-state index contributed by atoms with van der Waals surface area (Å²) in [5.74, 6) is 0.280. The summed E-state index contributed by atoms with van der Waals surface area (Å²) >= 11 is 0. The van der Waals surface area contributed by atoms with Crippen molar-refractivity contribution in [1.82, 2.24) is 4.90 Å². The summed E-state index contributed by atoms with van der Waals surface area (Å²) < 4.78 is 0. The maximum absolute atomic E-state index is 14.8. The number of amides is 1. The molecule has 10 rings (SSSR count). The van der Waals surface area contributed by atoms with Crippen LogP contribution < -0.4 is 0 Å². The van der Waals surface area contributed by atoms with E-state index >= 15 is 0 Å². The Morgan fingerprint density at radius 1 is 0.566 bits per heavy atom. The molecule has 0 radical (unpaired) electrons. The van der Waals surface area contributed by atoms with Crippen molar-refractivity contribution in [2.75, 3.05) is 6.54 Å². The summed E-state index contributed by atoms with van der Waals surface area (Å²) in [6.07, 6.45) is 3.27. The van der Waals surface area contributed by atoms with Crippen LogP contribution in [0.25, 0.3) is 87.2 Å². The van der Waals surface area contributed by atoms with Gasteiger partial charge in [0.25, 0.3) is 5.91 Å². The first-order chi connectivity index (χ1) is 26.1. The molecule has 1 aliphatic heterocycles. The highest BCUT2D eigenvalue weighted by molar-refractivity contribution is 6.45. The topological polar surface area (TPSA) is 40.5 Å². The summed E-state index contributed by atoms with van der Waals surface area (Å²) in [6.45, 7) is 4.97. The minimum Gasteiger partial charge on any atom is -0.369 e. The van der Waals surface area contributed by atoms with Crippen LogP contribution in [0.1, 0.15) is 61.7 Å². The molecule has 0 aliphatic carbocycles. The van der Waals surface area contributed by atoms with E-state index in [1.165, 1.54) is 54.6 Å². The van der Waals surface area contributed by atoms with Gasteiger partial charge in [-0.1, -0.05) is 161 Å². The molecule has 2 unspecified atom stereocenters. The van der Waals surface area contributed by atoms with Crippen LogP contribution in [0.4, 0.5) is 0 Å². The number of aliphatic hydroxyl groups is 1. The van der Waals surface area contributed by atoms with E-state index in [2.05, 4.69) is 147 Å². The molecule has 53 heavy (non-hydrogen) atoms. The molecular weight excluding hydrogens is 647 g/mol. The molecular formula is C50H41NO2. The molecule has 9 aromatic rings. The van der Waals surface area contributed by atoms with Crippen molar-refractivity contribution < 1.29 is 9.90 Å². The molecule has 3 nitrogen and oxygen atoms in total. The fourth-order valence-electron chi connectivity index (χ4n) is 9.54. The zero-order chi connectivity index (χ0) is 35.8. The van der Waals surface area contributed by atoms with Gasteiger partial charge in [0.05, 0.1) is 5.56 Å². The maximum Gasteiger partial charge on any atom is 0.257 e. The second-order valence-corrected chi connectivity index (χ2v) is 15.0. The predicted molar refractivity (Wildman–Crippen MR) is 222 cm³/mol. The van der Waals surface area contributed by atoms with E-state index in [9.17, 15) is 9.90 Å². The Bertz CT molecular complexity index is 2810. The van der Waals surface area contributed by atoms with Crippen LogP contribution in [0.3, 0.4) is 0 Å². The molecule has 0 spiro atoms. The van der Waals surface area contributed by atoms with Crippen molar-refractivity contribution in [3.05, 3.63) is 145 Å². The van der Waals surface area contributed by atoms with E-state index in [1.54, 1.807) is 4.90 Å². The van der Waals surface area contributed by atoms with Crippen molar-refractivity contribution in [3.8, 4) is 33.4 Å². The molecule has 1 amide bonds. The Morgan fingerprint density at radius 2 is 1.09 bits per heavy atom. The highest BCUT2D eigenvalue weighted by atomic mass is 16.3. The lowest BCUT2D eigenvalue weighted by molar-refractivity contribution is 0.0103. The monoisotopic (exact) mass is 687 g/mol. The first-order valence-corrected chi connectivity index (χ1v) is 19.2. The zero-order valence-corrected chi connectivity index (χ0v) is 30.2. The molecule has 2 atom stereocenters. The molecule has 0 fully saturated rings. The lowest BCUT2D eigenvalue weighted by atomic mass is 9.78. The first-order valence-electron chi connectivity index (χ1n) is 19.2. The molecule has 1 N–H and O–H groups in total. The number of rotatable bonds is 9. The molecule has 3 heteroatoms. The van der Waals surface area contributed by atoms with Gasteiger partial charge in [-0.25, -0.2) is 0 Å². The molecule has 1 aliphatic rings. The van der Waals surface area contributed by atoms with Crippen LogP contribution in [0.5, 0.6) is 0 Å². The van der Waals surface area contributed by atoms with Gasteiger partial charge in [-0.3, -0.25) is 4.79 Å². The average molecular weight is 688 g/mol. The van der Waals surface area contributed by atoms with E-state index in [0.717, 1.165) is 63.9 Å². The zero-order valence-electron chi connectivity index (χ0n) is 30.2. The average Bonchev–Trinajstić information content (AvgIpc) is 3.47. The lowest BCUT2D eigenvalue weighted by Gasteiger charge is -2.26. The second kappa shape index (κ2) is 12.4. The minimum atomic E-state index is -0.997. The highest BCUT2D eigenvalue weighted by Gasteiger charge is 2.41. The van der Waals surface area contributed by atoms with Gasteiger partial charge in [0.2, 0.25) is 0 Å². The molecule has 9 aromatic carbocycles. The highest BCUT2D eigenvalue weighted by Crippen LogP contribution is 2.54. The third kappa shape index (κ3) is 4.67. The van der Waals surface area contributed by atoms with Crippen LogP contribution in [-0.2, 0) is 0 Å². The van der Waals surface area contributed by atoms with Gasteiger partial charge in [-0.2, -0.15) is 0 Å². The quantitative estimate of drug-likeness (QED) is 0.121. The van der Waals surface area contributed by atoms with E-state index in [0.29, 0.717) is 18.0 Å². The SMILES string of the molecule is CCCCC(CC)CN1C(=O)c2c(c3ccc4c(-c5ccccc5)ccc5c6c(-c7ccccc7)cc(-c7ccccc7)c7ccc2c(c76)c3c45)C1O. The van der Waals surface area contributed by atoms with Gasteiger partial charge in [-0.15, -0.1) is 0 Å². The normalized spacial score (nSPS) is 15.2. The molecule has 0 saturated heterocycles. The molecule has 1 heterocycles. The van der Waals surface area contributed by atoms with Gasteiger partial charge >= 0.3 is 0 Å². The fourth-order valence-corrected chi connectivity index (χ4v) is 9.54. The molecule has 258 valence electrons. The standard InChI is InChI=1S/C50H41NO2/c1-3-5-15-30(4-2)29-51-49(52)47-38-26-23-35-34(31-16-9-6-10-17-31)22-25-37-42(35)45(38)46-39(48(47)50(51)53)27-24-36-40(32-18-11-7-12-19-32)28-41(43(37)44(36)46)33-20-13-8-14-21-33/h6-14,16-28,30,49,52H,3-5,15,29H2,1-2H3. The minimum absolute atomic E-state index is 0.0586. The smallest absolute Gasteiger partial charge is 0.257 e. The molecule has 0 bridgehead atoms. The van der Waals surface area contributed by atoms with Gasteiger partial charge in [0, 0.05) is 12.1 Å². The number of fused-ring (bicyclic) bond motifs is 4. The summed E-state index contributed by atoms with van der Waals surface area (Å²) in [7, 11) is 0. The lowest BCUT2D eigenvalue weighted by Crippen LogP contribution is -2.33. The van der Waals surface area contributed by atoms with Crippen molar-refractivity contribution in [3.63, 3.8) is 0 Å². The largest absolute Gasteiger partial charge is 0.369 e. The Labute approximate surface area is 309 Å². The Hall–Kier alpha value is -5.77. The fraction of sp³-hybridized carbons (Fsp3) is 0.180. The number of unbranched alkanes of at least 4 members (excludes halogenated alkanes) is 1. The Morgan fingerprint density at radius 3 is 1.74 bits per heavy atom. The molecule has 0 saturated carbocycles. The van der Waals surface area contributed by atoms with Crippen LogP contribution in [-0.4, -0.2) is 22.5 Å². The second-order valence-electron chi connectivity index (χ2n) is 15.0. The van der Waals surface area contributed by atoms with Crippen molar-refractivity contribution in [1.29, 1.82) is 0 Å². The summed E-state index contributed by atoms with van der Waals surface area (Å²) in [4.78, 5) is 16.5.